The van der Waals surface area contributed by atoms with Crippen LogP contribution in [0.2, 0.25) is 5.02 Å². The molecule has 114 valence electrons. The Hall–Kier alpha value is -2.34. The summed E-state index contributed by atoms with van der Waals surface area (Å²) in [6, 6.07) is 7.74. The van der Waals surface area contributed by atoms with Crippen LogP contribution in [0, 0.1) is 0 Å². The standard InChI is InChI=1S/C15H15ClN4O2/c1-3-20-14(11(16)9-17-20)15-18-13(19-22-15)8-10-6-4-5-7-12(10)21-2/h4-7,9H,3,8H2,1-2H3. The molecule has 2 aromatic heterocycles. The third-order valence-corrected chi connectivity index (χ3v) is 3.58. The number of hydrogen-bond donors (Lipinski definition) is 0. The first-order valence-corrected chi connectivity index (χ1v) is 7.27. The van der Waals surface area contributed by atoms with E-state index in [-0.39, 0.29) is 0 Å². The van der Waals surface area contributed by atoms with Crippen molar-refractivity contribution in [2.45, 2.75) is 19.9 Å². The maximum absolute atomic E-state index is 6.14. The average Bonchev–Trinajstić information content (AvgIpc) is 3.13. The van der Waals surface area contributed by atoms with Gasteiger partial charge in [0.1, 0.15) is 11.4 Å². The van der Waals surface area contributed by atoms with E-state index in [1.807, 2.05) is 31.2 Å². The van der Waals surface area contributed by atoms with Crippen molar-refractivity contribution in [3.8, 4) is 17.3 Å². The zero-order valence-corrected chi connectivity index (χ0v) is 13.0. The Morgan fingerprint density at radius 3 is 2.91 bits per heavy atom. The van der Waals surface area contributed by atoms with E-state index >= 15 is 0 Å². The van der Waals surface area contributed by atoms with Gasteiger partial charge in [0.25, 0.3) is 5.89 Å². The minimum Gasteiger partial charge on any atom is -0.496 e. The lowest BCUT2D eigenvalue weighted by Crippen LogP contribution is -1.99. The van der Waals surface area contributed by atoms with Crippen molar-refractivity contribution >= 4 is 11.6 Å². The van der Waals surface area contributed by atoms with Crippen LogP contribution < -0.4 is 4.74 Å². The van der Waals surface area contributed by atoms with Crippen LogP contribution in [0.1, 0.15) is 18.3 Å². The molecule has 7 heteroatoms. The quantitative estimate of drug-likeness (QED) is 0.722. The molecule has 0 aliphatic rings. The van der Waals surface area contributed by atoms with E-state index in [4.69, 9.17) is 20.9 Å². The topological polar surface area (TPSA) is 66.0 Å². The molecular weight excluding hydrogens is 304 g/mol. The number of para-hydroxylation sites is 1. The highest BCUT2D eigenvalue weighted by atomic mass is 35.5. The fourth-order valence-electron chi connectivity index (χ4n) is 2.26. The molecule has 0 saturated heterocycles. The molecule has 0 spiro atoms. The Bertz CT molecular complexity index is 781. The van der Waals surface area contributed by atoms with Gasteiger partial charge >= 0.3 is 0 Å². The summed E-state index contributed by atoms with van der Waals surface area (Å²) in [5.74, 6) is 1.74. The first-order valence-electron chi connectivity index (χ1n) is 6.89. The van der Waals surface area contributed by atoms with Crippen LogP contribution in [-0.4, -0.2) is 27.0 Å². The van der Waals surface area contributed by atoms with Gasteiger partial charge in [0, 0.05) is 18.5 Å². The average molecular weight is 319 g/mol. The van der Waals surface area contributed by atoms with Gasteiger partial charge < -0.3 is 9.26 Å². The van der Waals surface area contributed by atoms with Crippen LogP contribution in [0.15, 0.2) is 35.0 Å². The SMILES string of the molecule is CCn1ncc(Cl)c1-c1nc(Cc2ccccc2OC)no1. The number of methoxy groups -OCH3 is 1. The highest BCUT2D eigenvalue weighted by molar-refractivity contribution is 6.32. The van der Waals surface area contributed by atoms with Crippen molar-refractivity contribution in [1.29, 1.82) is 0 Å². The second-order valence-corrected chi connectivity index (χ2v) is 5.07. The number of hydrogen-bond acceptors (Lipinski definition) is 5. The Balaban J connectivity index is 1.89. The lowest BCUT2D eigenvalue weighted by molar-refractivity contribution is 0.407. The third-order valence-electron chi connectivity index (χ3n) is 3.31. The van der Waals surface area contributed by atoms with Crippen molar-refractivity contribution in [2.24, 2.45) is 0 Å². The maximum atomic E-state index is 6.14. The smallest absolute Gasteiger partial charge is 0.277 e. The van der Waals surface area contributed by atoms with Crippen LogP contribution in [0.5, 0.6) is 5.75 Å². The van der Waals surface area contributed by atoms with E-state index in [2.05, 4.69) is 15.2 Å². The summed E-state index contributed by atoms with van der Waals surface area (Å²) >= 11 is 6.14. The number of ether oxygens (including phenoxy) is 1. The summed E-state index contributed by atoms with van der Waals surface area (Å²) in [4.78, 5) is 4.41. The molecule has 22 heavy (non-hydrogen) atoms. The summed E-state index contributed by atoms with van der Waals surface area (Å²) in [7, 11) is 1.64. The molecule has 0 saturated carbocycles. The van der Waals surface area contributed by atoms with E-state index in [0.717, 1.165) is 11.3 Å². The first kappa shape index (κ1) is 14.6. The van der Waals surface area contributed by atoms with Crippen LogP contribution in [0.25, 0.3) is 11.6 Å². The molecule has 0 atom stereocenters. The number of benzene rings is 1. The second kappa shape index (κ2) is 6.19. The molecule has 0 radical (unpaired) electrons. The van der Waals surface area contributed by atoms with Crippen LogP contribution in [-0.2, 0) is 13.0 Å². The minimum atomic E-state index is 0.370. The van der Waals surface area contributed by atoms with Gasteiger partial charge in [-0.3, -0.25) is 4.68 Å². The molecule has 3 rings (SSSR count). The lowest BCUT2D eigenvalue weighted by atomic mass is 10.1. The summed E-state index contributed by atoms with van der Waals surface area (Å²) in [6.45, 7) is 2.64. The number of aryl methyl sites for hydroxylation is 1. The van der Waals surface area contributed by atoms with E-state index in [9.17, 15) is 0 Å². The Kier molecular flexibility index (Phi) is 4.11. The fourth-order valence-corrected chi connectivity index (χ4v) is 2.48. The molecule has 3 aromatic rings. The molecule has 1 aromatic carbocycles. The van der Waals surface area contributed by atoms with Crippen molar-refractivity contribution in [2.75, 3.05) is 7.11 Å². The molecule has 6 nitrogen and oxygen atoms in total. The van der Waals surface area contributed by atoms with Gasteiger partial charge in [0.05, 0.1) is 18.3 Å². The van der Waals surface area contributed by atoms with Gasteiger partial charge in [-0.05, 0) is 13.0 Å². The Morgan fingerprint density at radius 2 is 2.14 bits per heavy atom. The highest BCUT2D eigenvalue weighted by Gasteiger charge is 2.18. The monoisotopic (exact) mass is 318 g/mol. The zero-order chi connectivity index (χ0) is 15.5. The van der Waals surface area contributed by atoms with E-state index in [0.29, 0.717) is 35.4 Å². The number of rotatable bonds is 5. The van der Waals surface area contributed by atoms with Crippen LogP contribution in [0.4, 0.5) is 0 Å². The summed E-state index contributed by atoms with van der Waals surface area (Å²) in [5.41, 5.74) is 1.63. The number of aromatic nitrogens is 4. The Labute approximate surface area is 132 Å². The van der Waals surface area contributed by atoms with E-state index in [1.165, 1.54) is 0 Å². The van der Waals surface area contributed by atoms with Gasteiger partial charge in [0.2, 0.25) is 0 Å². The van der Waals surface area contributed by atoms with Gasteiger partial charge in [-0.2, -0.15) is 10.1 Å². The molecule has 0 aliphatic carbocycles. The summed E-state index contributed by atoms with van der Waals surface area (Å²) in [6.07, 6.45) is 2.09. The number of nitrogens with zero attached hydrogens (tertiary/aromatic N) is 4. The predicted octanol–water partition coefficient (Wildman–Crippen LogP) is 3.21. The first-order chi connectivity index (χ1) is 10.7. The van der Waals surface area contributed by atoms with E-state index in [1.54, 1.807) is 18.0 Å². The van der Waals surface area contributed by atoms with Crippen molar-refractivity contribution in [1.82, 2.24) is 19.9 Å². The van der Waals surface area contributed by atoms with Crippen molar-refractivity contribution in [3.05, 3.63) is 46.9 Å². The molecule has 0 unspecified atom stereocenters. The van der Waals surface area contributed by atoms with Gasteiger partial charge in [-0.25, -0.2) is 0 Å². The van der Waals surface area contributed by atoms with Crippen LogP contribution in [0.3, 0.4) is 0 Å². The molecule has 0 bridgehead atoms. The summed E-state index contributed by atoms with van der Waals surface area (Å²) < 4.78 is 12.4. The largest absolute Gasteiger partial charge is 0.496 e. The molecule has 0 N–H and O–H groups in total. The van der Waals surface area contributed by atoms with Crippen molar-refractivity contribution < 1.29 is 9.26 Å². The van der Waals surface area contributed by atoms with Gasteiger partial charge in [-0.15, -0.1) is 0 Å². The lowest BCUT2D eigenvalue weighted by Gasteiger charge is -2.05. The van der Waals surface area contributed by atoms with Gasteiger partial charge in [-0.1, -0.05) is 35.0 Å². The van der Waals surface area contributed by atoms with Crippen LogP contribution >= 0.6 is 11.6 Å². The minimum absolute atomic E-state index is 0.370. The second-order valence-electron chi connectivity index (χ2n) is 4.66. The van der Waals surface area contributed by atoms with Crippen molar-refractivity contribution in [3.63, 3.8) is 0 Å². The number of halogens is 1. The highest BCUT2D eigenvalue weighted by Crippen LogP contribution is 2.27. The molecular formula is C15H15ClN4O2. The molecule has 2 heterocycles. The fraction of sp³-hybridized carbons (Fsp3) is 0.267. The molecule has 0 amide bonds. The maximum Gasteiger partial charge on any atom is 0.277 e. The third kappa shape index (κ3) is 2.69. The summed E-state index contributed by atoms with van der Waals surface area (Å²) in [5, 5.41) is 8.68. The predicted molar refractivity (Wildman–Crippen MR) is 82.0 cm³/mol. The zero-order valence-electron chi connectivity index (χ0n) is 12.3. The molecule has 0 fully saturated rings. The van der Waals surface area contributed by atoms with E-state index < -0.39 is 0 Å². The Morgan fingerprint density at radius 1 is 1.32 bits per heavy atom. The molecule has 0 aliphatic heterocycles. The normalized spacial score (nSPS) is 10.9. The van der Waals surface area contributed by atoms with Gasteiger partial charge in [0.15, 0.2) is 5.82 Å².